The molecular weight excluding hydrogens is 258 g/mol. The maximum Gasteiger partial charge on any atom is 0.0314 e. The number of rotatable bonds is 4. The molecule has 3 heteroatoms. The molecule has 1 unspecified atom stereocenters. The van der Waals surface area contributed by atoms with Crippen molar-refractivity contribution in [3.05, 3.63) is 20.3 Å². The van der Waals surface area contributed by atoms with E-state index in [0.717, 1.165) is 12.5 Å². The fraction of sp³-hybridized carbons (Fsp3) is 0.636. The Morgan fingerprint density at radius 2 is 2.36 bits per heavy atom. The second kappa shape index (κ2) is 4.33. The zero-order chi connectivity index (χ0) is 10.1. The van der Waals surface area contributed by atoms with Crippen LogP contribution in [0, 0.1) is 12.8 Å². The monoisotopic (exact) mass is 273 g/mol. The zero-order valence-electron chi connectivity index (χ0n) is 8.64. The Balaban J connectivity index is 1.84. The Bertz CT molecular complexity index is 298. The molecule has 0 aliphatic heterocycles. The highest BCUT2D eigenvalue weighted by atomic mass is 79.9. The Labute approximate surface area is 98.0 Å². The molecule has 1 N–H and O–H groups in total. The molecule has 78 valence electrons. The van der Waals surface area contributed by atoms with Crippen molar-refractivity contribution >= 4 is 27.3 Å². The molecule has 0 spiro atoms. The van der Waals surface area contributed by atoms with Gasteiger partial charge in [0.15, 0.2) is 0 Å². The molecule has 0 saturated heterocycles. The van der Waals surface area contributed by atoms with Gasteiger partial charge < -0.3 is 5.32 Å². The maximum absolute atomic E-state index is 3.59. The second-order valence-electron chi connectivity index (χ2n) is 4.12. The molecule has 1 aliphatic rings. The molecule has 1 saturated carbocycles. The van der Waals surface area contributed by atoms with Crippen LogP contribution in [-0.2, 0) is 6.54 Å². The van der Waals surface area contributed by atoms with Crippen LogP contribution >= 0.6 is 27.3 Å². The highest BCUT2D eigenvalue weighted by Gasteiger charge is 2.27. The van der Waals surface area contributed by atoms with E-state index in [-0.39, 0.29) is 0 Å². The van der Waals surface area contributed by atoms with Crippen LogP contribution in [0.4, 0.5) is 0 Å². The lowest BCUT2D eigenvalue weighted by atomic mass is 10.2. The lowest BCUT2D eigenvalue weighted by molar-refractivity contribution is 0.499. The van der Waals surface area contributed by atoms with Crippen molar-refractivity contribution in [3.8, 4) is 0 Å². The first kappa shape index (κ1) is 10.7. The van der Waals surface area contributed by atoms with Gasteiger partial charge in [-0.2, -0.15) is 0 Å². The molecule has 1 heterocycles. The van der Waals surface area contributed by atoms with E-state index in [1.54, 1.807) is 0 Å². The summed E-state index contributed by atoms with van der Waals surface area (Å²) in [4.78, 5) is 2.81. The van der Waals surface area contributed by atoms with Crippen molar-refractivity contribution in [2.75, 3.05) is 0 Å². The second-order valence-corrected chi connectivity index (χ2v) is 6.32. The minimum absolute atomic E-state index is 0.691. The molecule has 0 aromatic carbocycles. The number of aryl methyl sites for hydroxylation is 1. The molecule has 0 radical (unpaired) electrons. The van der Waals surface area contributed by atoms with Gasteiger partial charge in [0.1, 0.15) is 0 Å². The molecule has 14 heavy (non-hydrogen) atoms. The van der Waals surface area contributed by atoms with Crippen molar-refractivity contribution in [1.82, 2.24) is 5.32 Å². The Morgan fingerprint density at radius 1 is 1.64 bits per heavy atom. The molecule has 1 atom stereocenters. The average molecular weight is 274 g/mol. The Kier molecular flexibility index (Phi) is 3.30. The number of nitrogens with one attached hydrogen (secondary N) is 1. The normalized spacial score (nSPS) is 18.5. The maximum atomic E-state index is 3.59. The first-order chi connectivity index (χ1) is 6.66. The van der Waals surface area contributed by atoms with E-state index in [4.69, 9.17) is 0 Å². The van der Waals surface area contributed by atoms with Crippen LogP contribution in [0.1, 0.15) is 29.5 Å². The molecular formula is C11H16BrNS. The van der Waals surface area contributed by atoms with Gasteiger partial charge in [-0.3, -0.25) is 0 Å². The van der Waals surface area contributed by atoms with E-state index >= 15 is 0 Å². The van der Waals surface area contributed by atoms with Gasteiger partial charge in [0.05, 0.1) is 0 Å². The smallest absolute Gasteiger partial charge is 0.0314 e. The van der Waals surface area contributed by atoms with Crippen LogP contribution < -0.4 is 5.32 Å². The van der Waals surface area contributed by atoms with Crippen LogP contribution in [0.25, 0.3) is 0 Å². The predicted octanol–water partition coefficient (Wildman–Crippen LogP) is 3.71. The first-order valence-electron chi connectivity index (χ1n) is 5.15. The first-order valence-corrected chi connectivity index (χ1v) is 6.76. The van der Waals surface area contributed by atoms with Crippen molar-refractivity contribution in [1.29, 1.82) is 0 Å². The van der Waals surface area contributed by atoms with Crippen LogP contribution in [-0.4, -0.2) is 6.04 Å². The molecule has 2 rings (SSSR count). The van der Waals surface area contributed by atoms with E-state index in [1.165, 1.54) is 27.1 Å². The fourth-order valence-corrected chi connectivity index (χ4v) is 3.18. The minimum atomic E-state index is 0.691. The van der Waals surface area contributed by atoms with Crippen LogP contribution in [0.5, 0.6) is 0 Å². The van der Waals surface area contributed by atoms with Gasteiger partial charge >= 0.3 is 0 Å². The Morgan fingerprint density at radius 3 is 2.86 bits per heavy atom. The van der Waals surface area contributed by atoms with Gasteiger partial charge in [-0.1, -0.05) is 0 Å². The lowest BCUT2D eigenvalue weighted by Crippen LogP contribution is -2.26. The van der Waals surface area contributed by atoms with Gasteiger partial charge in [0.25, 0.3) is 0 Å². The third-order valence-corrected chi connectivity index (χ3v) is 4.97. The van der Waals surface area contributed by atoms with Gasteiger partial charge in [0.2, 0.25) is 0 Å². The Hall–Kier alpha value is 0.140. The van der Waals surface area contributed by atoms with E-state index < -0.39 is 0 Å². The summed E-state index contributed by atoms with van der Waals surface area (Å²) in [6, 6.07) is 2.92. The third-order valence-electron chi connectivity index (χ3n) is 2.84. The third kappa shape index (κ3) is 2.59. The predicted molar refractivity (Wildman–Crippen MR) is 65.8 cm³/mol. The van der Waals surface area contributed by atoms with Gasteiger partial charge in [-0.05, 0) is 54.6 Å². The molecule has 0 bridgehead atoms. The molecule has 1 aliphatic carbocycles. The summed E-state index contributed by atoms with van der Waals surface area (Å²) in [5, 5.41) is 3.59. The fourth-order valence-electron chi connectivity index (χ4n) is 1.63. The van der Waals surface area contributed by atoms with Gasteiger partial charge in [-0.25, -0.2) is 0 Å². The van der Waals surface area contributed by atoms with E-state index in [0.29, 0.717) is 6.04 Å². The number of thiophene rings is 1. The molecule has 1 nitrogen and oxygen atoms in total. The largest absolute Gasteiger partial charge is 0.309 e. The molecule has 1 fully saturated rings. The van der Waals surface area contributed by atoms with Crippen LogP contribution in [0.15, 0.2) is 10.5 Å². The number of halogens is 1. The van der Waals surface area contributed by atoms with E-state index in [9.17, 15) is 0 Å². The number of hydrogen-bond donors (Lipinski definition) is 1. The zero-order valence-corrected chi connectivity index (χ0v) is 11.0. The van der Waals surface area contributed by atoms with Crippen molar-refractivity contribution in [2.24, 2.45) is 5.92 Å². The highest BCUT2D eigenvalue weighted by Crippen LogP contribution is 2.33. The highest BCUT2D eigenvalue weighted by molar-refractivity contribution is 9.10. The van der Waals surface area contributed by atoms with Crippen molar-refractivity contribution in [3.63, 3.8) is 0 Å². The van der Waals surface area contributed by atoms with E-state index in [2.05, 4.69) is 41.2 Å². The summed E-state index contributed by atoms with van der Waals surface area (Å²) in [6.45, 7) is 5.48. The van der Waals surface area contributed by atoms with E-state index in [1.807, 2.05) is 11.3 Å². The van der Waals surface area contributed by atoms with Crippen LogP contribution in [0.3, 0.4) is 0 Å². The summed E-state index contributed by atoms with van der Waals surface area (Å²) >= 11 is 5.43. The summed E-state index contributed by atoms with van der Waals surface area (Å²) in [6.07, 6.45) is 2.84. The quantitative estimate of drug-likeness (QED) is 0.882. The topological polar surface area (TPSA) is 12.0 Å². The van der Waals surface area contributed by atoms with Gasteiger partial charge in [0, 0.05) is 26.8 Å². The summed E-state index contributed by atoms with van der Waals surface area (Å²) in [7, 11) is 0. The SMILES string of the molecule is Cc1sc(CNC(C)C2CC2)cc1Br. The minimum Gasteiger partial charge on any atom is -0.309 e. The van der Waals surface area contributed by atoms with Crippen LogP contribution in [0.2, 0.25) is 0 Å². The molecule has 1 aromatic heterocycles. The van der Waals surface area contributed by atoms with Gasteiger partial charge in [-0.15, -0.1) is 11.3 Å². The average Bonchev–Trinajstić information content (AvgIpc) is 2.92. The summed E-state index contributed by atoms with van der Waals surface area (Å²) in [5.41, 5.74) is 0. The lowest BCUT2D eigenvalue weighted by Gasteiger charge is -2.10. The van der Waals surface area contributed by atoms with Crippen molar-refractivity contribution in [2.45, 2.75) is 39.3 Å². The number of hydrogen-bond acceptors (Lipinski definition) is 2. The standard InChI is InChI=1S/C11H16BrNS/c1-7(9-3-4-9)13-6-10-5-11(12)8(2)14-10/h5,7,9,13H,3-4,6H2,1-2H3. The summed E-state index contributed by atoms with van der Waals surface area (Å²) < 4.78 is 1.25. The summed E-state index contributed by atoms with van der Waals surface area (Å²) in [5.74, 6) is 0.944. The molecule has 0 amide bonds. The van der Waals surface area contributed by atoms with Crippen molar-refractivity contribution < 1.29 is 0 Å². The molecule has 1 aromatic rings.